The van der Waals surface area contributed by atoms with Crippen LogP contribution in [0.4, 0.5) is 0 Å². The molecule has 0 unspecified atom stereocenters. The summed E-state index contributed by atoms with van der Waals surface area (Å²) in [6, 6.07) is 13.4. The van der Waals surface area contributed by atoms with E-state index in [1.807, 2.05) is 49.4 Å². The average Bonchev–Trinajstić information content (AvgIpc) is 3.21. The van der Waals surface area contributed by atoms with Crippen molar-refractivity contribution in [2.24, 2.45) is 0 Å². The molecule has 144 valence electrons. The van der Waals surface area contributed by atoms with Crippen molar-refractivity contribution in [3.63, 3.8) is 0 Å². The SMILES string of the molecule is CCn1cc(C(=O)/C=C/c2ccc(OC)c(COc3ccccc3Br)c2)cn1. The molecule has 3 rings (SSSR count). The van der Waals surface area contributed by atoms with Gasteiger partial charge in [-0.2, -0.15) is 5.10 Å². The number of nitrogens with zero attached hydrogens (tertiary/aromatic N) is 2. The van der Waals surface area contributed by atoms with Crippen LogP contribution in [0.2, 0.25) is 0 Å². The van der Waals surface area contributed by atoms with Crippen LogP contribution in [0, 0.1) is 0 Å². The summed E-state index contributed by atoms with van der Waals surface area (Å²) < 4.78 is 14.0. The molecule has 0 atom stereocenters. The van der Waals surface area contributed by atoms with Gasteiger partial charge in [0.05, 0.1) is 23.3 Å². The number of ketones is 1. The molecule has 2 aromatic carbocycles. The number of aryl methyl sites for hydroxylation is 1. The Kier molecular flexibility index (Phi) is 6.66. The highest BCUT2D eigenvalue weighted by molar-refractivity contribution is 9.10. The molecule has 0 aliphatic carbocycles. The lowest BCUT2D eigenvalue weighted by Crippen LogP contribution is -2.00. The second kappa shape index (κ2) is 9.37. The van der Waals surface area contributed by atoms with Gasteiger partial charge in [0, 0.05) is 18.3 Å². The predicted molar refractivity (Wildman–Crippen MR) is 113 cm³/mol. The van der Waals surface area contributed by atoms with E-state index in [-0.39, 0.29) is 5.78 Å². The zero-order valence-electron chi connectivity index (χ0n) is 15.8. The summed E-state index contributed by atoms with van der Waals surface area (Å²) >= 11 is 3.48. The van der Waals surface area contributed by atoms with Crippen LogP contribution in [0.15, 0.2) is 65.4 Å². The molecule has 0 radical (unpaired) electrons. The lowest BCUT2D eigenvalue weighted by atomic mass is 10.1. The second-order valence-electron chi connectivity index (χ2n) is 6.07. The first-order chi connectivity index (χ1) is 13.6. The number of benzene rings is 2. The van der Waals surface area contributed by atoms with Crippen molar-refractivity contribution in [2.75, 3.05) is 7.11 Å². The molecular weight excluding hydrogens is 420 g/mol. The Balaban J connectivity index is 1.74. The van der Waals surface area contributed by atoms with Gasteiger partial charge in [0.15, 0.2) is 5.78 Å². The largest absolute Gasteiger partial charge is 0.496 e. The minimum Gasteiger partial charge on any atom is -0.496 e. The Morgan fingerprint density at radius 3 is 2.75 bits per heavy atom. The van der Waals surface area contributed by atoms with Crippen LogP contribution in [0.1, 0.15) is 28.4 Å². The van der Waals surface area contributed by atoms with Crippen LogP contribution in [0.5, 0.6) is 11.5 Å². The number of aromatic nitrogens is 2. The van der Waals surface area contributed by atoms with Crippen LogP contribution < -0.4 is 9.47 Å². The molecule has 0 fully saturated rings. The molecule has 5 nitrogen and oxygen atoms in total. The molecule has 0 aliphatic heterocycles. The third-order valence-corrected chi connectivity index (χ3v) is 4.85. The number of hydrogen-bond donors (Lipinski definition) is 0. The van der Waals surface area contributed by atoms with E-state index in [1.54, 1.807) is 36.3 Å². The molecule has 0 amide bonds. The van der Waals surface area contributed by atoms with Crippen LogP contribution >= 0.6 is 15.9 Å². The number of carbonyl (C=O) groups is 1. The number of ether oxygens (including phenoxy) is 2. The number of rotatable bonds is 8. The standard InChI is InChI=1S/C22H21BrN2O3/c1-3-25-14-18(13-24-25)20(26)10-8-16-9-11-21(27-2)17(12-16)15-28-22-7-5-4-6-19(22)23/h4-14H,3,15H2,1-2H3/b10-8+. The summed E-state index contributed by atoms with van der Waals surface area (Å²) in [6.07, 6.45) is 6.67. The predicted octanol–water partition coefficient (Wildman–Crippen LogP) is 5.15. The average molecular weight is 441 g/mol. The van der Waals surface area contributed by atoms with Crippen molar-refractivity contribution in [3.8, 4) is 11.5 Å². The normalized spacial score (nSPS) is 11.0. The molecule has 0 spiro atoms. The number of allylic oxidation sites excluding steroid dienone is 1. The zero-order valence-corrected chi connectivity index (χ0v) is 17.3. The first kappa shape index (κ1) is 19.9. The Morgan fingerprint density at radius 2 is 2.04 bits per heavy atom. The molecule has 3 aromatic rings. The van der Waals surface area contributed by atoms with Crippen molar-refractivity contribution >= 4 is 27.8 Å². The summed E-state index contributed by atoms with van der Waals surface area (Å²) in [5.41, 5.74) is 2.36. The zero-order chi connectivity index (χ0) is 19.9. The molecule has 0 saturated heterocycles. The van der Waals surface area contributed by atoms with Crippen LogP contribution in [-0.2, 0) is 13.2 Å². The second-order valence-corrected chi connectivity index (χ2v) is 6.93. The number of para-hydroxylation sites is 1. The van der Waals surface area contributed by atoms with E-state index in [0.29, 0.717) is 12.2 Å². The highest BCUT2D eigenvalue weighted by Crippen LogP contribution is 2.27. The molecule has 0 saturated carbocycles. The minimum absolute atomic E-state index is 0.0819. The number of carbonyl (C=O) groups excluding carboxylic acids is 1. The monoisotopic (exact) mass is 440 g/mol. The Hall–Kier alpha value is -2.86. The van der Waals surface area contributed by atoms with Crippen LogP contribution in [0.3, 0.4) is 0 Å². The van der Waals surface area contributed by atoms with E-state index in [9.17, 15) is 4.79 Å². The van der Waals surface area contributed by atoms with Crippen molar-refractivity contribution in [1.82, 2.24) is 9.78 Å². The van der Waals surface area contributed by atoms with Crippen LogP contribution in [-0.4, -0.2) is 22.7 Å². The van der Waals surface area contributed by atoms with Gasteiger partial charge >= 0.3 is 0 Å². The summed E-state index contributed by atoms with van der Waals surface area (Å²) in [5, 5.41) is 4.13. The highest BCUT2D eigenvalue weighted by atomic mass is 79.9. The smallest absolute Gasteiger partial charge is 0.189 e. The number of hydrogen-bond acceptors (Lipinski definition) is 4. The molecule has 6 heteroatoms. The third kappa shape index (κ3) is 4.89. The number of halogens is 1. The quantitative estimate of drug-likeness (QED) is 0.359. The summed E-state index contributed by atoms with van der Waals surface area (Å²) in [4.78, 5) is 12.3. The van der Waals surface area contributed by atoms with Crippen LogP contribution in [0.25, 0.3) is 6.08 Å². The van der Waals surface area contributed by atoms with E-state index in [4.69, 9.17) is 9.47 Å². The van der Waals surface area contributed by atoms with E-state index in [2.05, 4.69) is 21.0 Å². The van der Waals surface area contributed by atoms with Crippen molar-refractivity contribution in [3.05, 3.63) is 82.1 Å². The fourth-order valence-corrected chi connectivity index (χ4v) is 3.06. The Morgan fingerprint density at radius 1 is 1.21 bits per heavy atom. The molecule has 28 heavy (non-hydrogen) atoms. The van der Waals surface area contributed by atoms with Gasteiger partial charge in [-0.15, -0.1) is 0 Å². The lowest BCUT2D eigenvalue weighted by molar-refractivity contribution is 0.104. The van der Waals surface area contributed by atoms with Gasteiger partial charge in [0.25, 0.3) is 0 Å². The lowest BCUT2D eigenvalue weighted by Gasteiger charge is -2.12. The van der Waals surface area contributed by atoms with Gasteiger partial charge in [-0.3, -0.25) is 9.48 Å². The van der Waals surface area contributed by atoms with E-state index < -0.39 is 0 Å². The van der Waals surface area contributed by atoms with E-state index >= 15 is 0 Å². The fourth-order valence-electron chi connectivity index (χ4n) is 2.66. The molecule has 0 bridgehead atoms. The summed E-state index contributed by atoms with van der Waals surface area (Å²) in [7, 11) is 1.63. The molecule has 1 heterocycles. The maximum Gasteiger partial charge on any atom is 0.189 e. The van der Waals surface area contributed by atoms with Gasteiger partial charge in [0.2, 0.25) is 0 Å². The molecular formula is C22H21BrN2O3. The Bertz CT molecular complexity index is 995. The van der Waals surface area contributed by atoms with Gasteiger partial charge < -0.3 is 9.47 Å². The third-order valence-electron chi connectivity index (χ3n) is 4.19. The van der Waals surface area contributed by atoms with Crippen molar-refractivity contribution in [2.45, 2.75) is 20.1 Å². The Labute approximate surface area is 172 Å². The van der Waals surface area contributed by atoms with Crippen molar-refractivity contribution in [1.29, 1.82) is 0 Å². The molecule has 1 aromatic heterocycles. The molecule has 0 N–H and O–H groups in total. The summed E-state index contributed by atoms with van der Waals surface area (Å²) in [5.74, 6) is 1.41. The van der Waals surface area contributed by atoms with Gasteiger partial charge in [-0.1, -0.05) is 24.3 Å². The first-order valence-corrected chi connectivity index (χ1v) is 9.69. The molecule has 0 aliphatic rings. The topological polar surface area (TPSA) is 53.4 Å². The van der Waals surface area contributed by atoms with E-state index in [0.717, 1.165) is 33.6 Å². The van der Waals surface area contributed by atoms with Gasteiger partial charge in [0.1, 0.15) is 18.1 Å². The van der Waals surface area contributed by atoms with Gasteiger partial charge in [-0.25, -0.2) is 0 Å². The maximum absolute atomic E-state index is 12.3. The highest BCUT2D eigenvalue weighted by Gasteiger charge is 2.08. The minimum atomic E-state index is -0.0819. The van der Waals surface area contributed by atoms with E-state index in [1.165, 1.54) is 0 Å². The van der Waals surface area contributed by atoms with Crippen molar-refractivity contribution < 1.29 is 14.3 Å². The summed E-state index contributed by atoms with van der Waals surface area (Å²) in [6.45, 7) is 3.06. The van der Waals surface area contributed by atoms with Gasteiger partial charge in [-0.05, 0) is 58.8 Å². The fraction of sp³-hybridized carbons (Fsp3) is 0.182. The maximum atomic E-state index is 12.3. The first-order valence-electron chi connectivity index (χ1n) is 8.89. The number of methoxy groups -OCH3 is 1.